The second kappa shape index (κ2) is 7.86. The molecule has 0 spiro atoms. The molecule has 10 heteroatoms. The molecule has 2 aliphatic heterocycles. The van der Waals surface area contributed by atoms with E-state index in [4.69, 9.17) is 14.6 Å². The van der Waals surface area contributed by atoms with Crippen LogP contribution in [0.1, 0.15) is 23.5 Å². The SMILES string of the molecule is COC1CN(C(=O)N2CC(OC(=O)O)CC(c3ccc(C(F)(F)F)cc3)C2)C1. The third-order valence-electron chi connectivity index (χ3n) is 5.11. The molecule has 2 fully saturated rings. The number of hydrogen-bond acceptors (Lipinski definition) is 4. The maximum Gasteiger partial charge on any atom is 0.506 e. The first-order valence-corrected chi connectivity index (χ1v) is 8.80. The summed E-state index contributed by atoms with van der Waals surface area (Å²) in [6.45, 7) is 1.27. The Morgan fingerprint density at radius 1 is 1.04 bits per heavy atom. The molecule has 0 saturated carbocycles. The van der Waals surface area contributed by atoms with Gasteiger partial charge in [-0.15, -0.1) is 0 Å². The minimum absolute atomic E-state index is 0.0227. The van der Waals surface area contributed by atoms with Gasteiger partial charge in [0.15, 0.2) is 0 Å². The van der Waals surface area contributed by atoms with Gasteiger partial charge in [-0.25, -0.2) is 9.59 Å². The normalized spacial score (nSPS) is 23.3. The van der Waals surface area contributed by atoms with Crippen molar-refractivity contribution in [3.05, 3.63) is 35.4 Å². The number of carbonyl (C=O) groups excluding carboxylic acids is 1. The quantitative estimate of drug-likeness (QED) is 0.787. The highest BCUT2D eigenvalue weighted by Gasteiger charge is 2.39. The average molecular weight is 402 g/mol. The molecule has 7 nitrogen and oxygen atoms in total. The van der Waals surface area contributed by atoms with Crippen LogP contribution in [0.2, 0.25) is 0 Å². The summed E-state index contributed by atoms with van der Waals surface area (Å²) in [7, 11) is 1.56. The fourth-order valence-electron chi connectivity index (χ4n) is 3.57. The van der Waals surface area contributed by atoms with Gasteiger partial charge in [0.1, 0.15) is 6.10 Å². The smallest absolute Gasteiger partial charge is 0.450 e. The van der Waals surface area contributed by atoms with E-state index in [1.165, 1.54) is 17.0 Å². The number of amides is 2. The van der Waals surface area contributed by atoms with Crippen LogP contribution in [0.5, 0.6) is 0 Å². The molecule has 2 atom stereocenters. The van der Waals surface area contributed by atoms with E-state index in [0.717, 1.165) is 12.1 Å². The maximum atomic E-state index is 12.8. The zero-order chi connectivity index (χ0) is 20.5. The Morgan fingerprint density at radius 3 is 2.14 bits per heavy atom. The highest BCUT2D eigenvalue weighted by molar-refractivity contribution is 5.76. The van der Waals surface area contributed by atoms with E-state index in [-0.39, 0.29) is 31.1 Å². The van der Waals surface area contributed by atoms with Crippen LogP contribution in [0.3, 0.4) is 0 Å². The minimum Gasteiger partial charge on any atom is -0.450 e. The molecule has 0 radical (unpaired) electrons. The van der Waals surface area contributed by atoms with Crippen molar-refractivity contribution < 1.29 is 37.3 Å². The van der Waals surface area contributed by atoms with Gasteiger partial charge in [0.2, 0.25) is 0 Å². The lowest BCUT2D eigenvalue weighted by Gasteiger charge is -2.44. The van der Waals surface area contributed by atoms with E-state index in [9.17, 15) is 22.8 Å². The van der Waals surface area contributed by atoms with Crippen LogP contribution in [0.25, 0.3) is 0 Å². The van der Waals surface area contributed by atoms with Crippen molar-refractivity contribution in [2.75, 3.05) is 33.3 Å². The van der Waals surface area contributed by atoms with Gasteiger partial charge in [-0.1, -0.05) is 12.1 Å². The van der Waals surface area contributed by atoms with E-state index in [1.54, 1.807) is 12.0 Å². The monoisotopic (exact) mass is 402 g/mol. The Morgan fingerprint density at radius 2 is 1.61 bits per heavy atom. The molecule has 2 unspecified atom stereocenters. The van der Waals surface area contributed by atoms with E-state index in [0.29, 0.717) is 25.1 Å². The highest BCUT2D eigenvalue weighted by atomic mass is 19.4. The molecule has 0 aliphatic carbocycles. The predicted molar refractivity (Wildman–Crippen MR) is 91.0 cm³/mol. The number of alkyl halides is 3. The summed E-state index contributed by atoms with van der Waals surface area (Å²) < 4.78 is 48.4. The number of urea groups is 1. The van der Waals surface area contributed by atoms with Crippen LogP contribution >= 0.6 is 0 Å². The summed E-state index contributed by atoms with van der Waals surface area (Å²) in [5, 5.41) is 8.93. The van der Waals surface area contributed by atoms with E-state index in [1.807, 2.05) is 0 Å². The summed E-state index contributed by atoms with van der Waals surface area (Å²) in [5.41, 5.74) is -0.160. The van der Waals surface area contributed by atoms with E-state index >= 15 is 0 Å². The highest BCUT2D eigenvalue weighted by Crippen LogP contribution is 2.33. The molecule has 2 amide bonds. The Kier molecular flexibility index (Phi) is 5.69. The first-order valence-electron chi connectivity index (χ1n) is 8.80. The second-order valence-electron chi connectivity index (χ2n) is 7.01. The van der Waals surface area contributed by atoms with Gasteiger partial charge in [-0.3, -0.25) is 0 Å². The van der Waals surface area contributed by atoms with Gasteiger partial charge >= 0.3 is 18.4 Å². The Hall–Kier alpha value is -2.49. The molecule has 28 heavy (non-hydrogen) atoms. The lowest BCUT2D eigenvalue weighted by atomic mass is 9.88. The summed E-state index contributed by atoms with van der Waals surface area (Å²) in [6.07, 6.45) is -6.36. The fourth-order valence-corrected chi connectivity index (χ4v) is 3.57. The Balaban J connectivity index is 1.74. The van der Waals surface area contributed by atoms with Crippen molar-refractivity contribution in [2.45, 2.75) is 30.7 Å². The molecule has 0 aromatic heterocycles. The van der Waals surface area contributed by atoms with Gasteiger partial charge in [-0.05, 0) is 24.1 Å². The molecule has 2 aliphatic rings. The van der Waals surface area contributed by atoms with Crippen molar-refractivity contribution in [3.8, 4) is 0 Å². The Labute approximate surface area is 159 Å². The molecule has 1 aromatic carbocycles. The van der Waals surface area contributed by atoms with Crippen molar-refractivity contribution in [1.82, 2.24) is 9.80 Å². The number of carboxylic acid groups (broad SMARTS) is 1. The van der Waals surface area contributed by atoms with Gasteiger partial charge in [0, 0.05) is 19.6 Å². The molecule has 2 heterocycles. The van der Waals surface area contributed by atoms with Crippen LogP contribution in [0.4, 0.5) is 22.8 Å². The van der Waals surface area contributed by atoms with Gasteiger partial charge in [0.05, 0.1) is 31.3 Å². The van der Waals surface area contributed by atoms with Crippen LogP contribution < -0.4 is 0 Å². The summed E-state index contributed by atoms with van der Waals surface area (Å²) in [5.74, 6) is -0.330. The van der Waals surface area contributed by atoms with Crippen LogP contribution in [0, 0.1) is 0 Å². The second-order valence-corrected chi connectivity index (χ2v) is 7.01. The van der Waals surface area contributed by atoms with Crippen LogP contribution in [-0.4, -0.2) is 72.6 Å². The first-order chi connectivity index (χ1) is 13.2. The van der Waals surface area contributed by atoms with E-state index < -0.39 is 24.0 Å². The number of rotatable bonds is 3. The van der Waals surface area contributed by atoms with Crippen molar-refractivity contribution in [3.63, 3.8) is 0 Å². The largest absolute Gasteiger partial charge is 0.506 e. The summed E-state index contributed by atoms with van der Waals surface area (Å²) >= 11 is 0. The van der Waals surface area contributed by atoms with Gasteiger partial charge in [-0.2, -0.15) is 13.2 Å². The molecule has 1 N–H and O–H groups in total. The number of likely N-dealkylation sites (tertiary alicyclic amines) is 2. The molecular weight excluding hydrogens is 381 g/mol. The number of piperidine rings is 1. The lowest BCUT2D eigenvalue weighted by Crippen LogP contribution is -2.60. The number of halogens is 3. The number of benzene rings is 1. The number of methoxy groups -OCH3 is 1. The standard InChI is InChI=1S/C18H21F3N2O5/c1-27-15-9-23(10-15)16(24)22-7-12(6-14(8-22)28-17(25)26)11-2-4-13(5-3-11)18(19,20)21/h2-5,12,14-15H,6-10H2,1H3,(H,25,26). The molecular formula is C18H21F3N2O5. The molecule has 154 valence electrons. The number of nitrogens with zero attached hydrogens (tertiary/aromatic N) is 2. The third kappa shape index (κ3) is 4.49. The maximum absolute atomic E-state index is 12.8. The lowest BCUT2D eigenvalue weighted by molar-refractivity contribution is -0.137. The van der Waals surface area contributed by atoms with Crippen LogP contribution in [0.15, 0.2) is 24.3 Å². The zero-order valence-corrected chi connectivity index (χ0v) is 15.2. The van der Waals surface area contributed by atoms with E-state index in [2.05, 4.69) is 0 Å². The molecule has 3 rings (SSSR count). The minimum atomic E-state index is -4.43. The molecule has 0 bridgehead atoms. The molecule has 2 saturated heterocycles. The van der Waals surface area contributed by atoms with Crippen molar-refractivity contribution >= 4 is 12.2 Å². The van der Waals surface area contributed by atoms with Crippen molar-refractivity contribution in [2.24, 2.45) is 0 Å². The Bertz CT molecular complexity index is 719. The number of ether oxygens (including phenoxy) is 2. The third-order valence-corrected chi connectivity index (χ3v) is 5.11. The van der Waals surface area contributed by atoms with Crippen molar-refractivity contribution in [1.29, 1.82) is 0 Å². The average Bonchev–Trinajstić information content (AvgIpc) is 2.59. The fraction of sp³-hybridized carbons (Fsp3) is 0.556. The van der Waals surface area contributed by atoms with Gasteiger partial charge < -0.3 is 24.4 Å². The topological polar surface area (TPSA) is 79.3 Å². The van der Waals surface area contributed by atoms with Crippen LogP contribution in [-0.2, 0) is 15.7 Å². The number of hydrogen-bond donors (Lipinski definition) is 1. The van der Waals surface area contributed by atoms with Gasteiger partial charge in [0.25, 0.3) is 0 Å². The first kappa shape index (κ1) is 20.2. The zero-order valence-electron chi connectivity index (χ0n) is 15.2. The number of carbonyl (C=O) groups is 2. The predicted octanol–water partition coefficient (Wildman–Crippen LogP) is 3.01. The molecule has 1 aromatic rings. The summed E-state index contributed by atoms with van der Waals surface area (Å²) in [6, 6.07) is 4.45. The summed E-state index contributed by atoms with van der Waals surface area (Å²) in [4.78, 5) is 26.7.